The number of imidazole rings is 1. The maximum absolute atomic E-state index is 14.4. The molecule has 36 heavy (non-hydrogen) atoms. The molecule has 1 saturated heterocycles. The number of carbonyl (C=O) groups is 1. The number of anilines is 3. The smallest absolute Gasteiger partial charge is 0.225 e. The van der Waals surface area contributed by atoms with E-state index in [2.05, 4.69) is 25.6 Å². The number of nitrogens with one attached hydrogen (secondary N) is 2. The Morgan fingerprint density at radius 3 is 2.47 bits per heavy atom. The molecule has 0 spiro atoms. The van der Waals surface area contributed by atoms with Crippen LogP contribution in [0.1, 0.15) is 38.1 Å². The molecule has 1 aliphatic heterocycles. The monoisotopic (exact) mass is 507 g/mol. The van der Waals surface area contributed by atoms with Gasteiger partial charge in [0.05, 0.1) is 18.8 Å². The van der Waals surface area contributed by atoms with Gasteiger partial charge in [-0.3, -0.25) is 9.36 Å². The van der Waals surface area contributed by atoms with Gasteiger partial charge in [-0.2, -0.15) is 4.98 Å². The highest BCUT2D eigenvalue weighted by atomic mass is 19.1. The Bertz CT molecular complexity index is 1260. The van der Waals surface area contributed by atoms with Crippen molar-refractivity contribution in [2.24, 2.45) is 11.7 Å². The van der Waals surface area contributed by atoms with E-state index in [1.807, 2.05) is 0 Å². The first-order chi connectivity index (χ1) is 17.3. The summed E-state index contributed by atoms with van der Waals surface area (Å²) in [7, 11) is 0. The molecule has 0 radical (unpaired) electrons. The van der Waals surface area contributed by atoms with E-state index in [0.29, 0.717) is 62.0 Å². The molecule has 2 aromatic heterocycles. The highest BCUT2D eigenvalue weighted by Crippen LogP contribution is 2.37. The second-order valence-electron chi connectivity index (χ2n) is 9.12. The first kappa shape index (κ1) is 24.2. The number of ether oxygens (including phenoxy) is 1. The standard InChI is InChI=1S/C23H25F4N7O2/c24-12-7-14(25)19(15(26)8-12)32-23-31-18-9-29-22(30-17-5-6-36-10-16(17)27)33-21(18)34(23)13-3-1-11(2-4-13)20(28)35/h7-9,11,13,16-17H,1-6,10H2,(H2,28,35)(H,31,32)(H,29,30,33)/t11-,13-,16-,17+/m1/s1. The van der Waals surface area contributed by atoms with Gasteiger partial charge in [0, 0.05) is 30.7 Å². The van der Waals surface area contributed by atoms with E-state index in [1.165, 1.54) is 6.20 Å². The van der Waals surface area contributed by atoms with Crippen LogP contribution in [-0.2, 0) is 9.53 Å². The van der Waals surface area contributed by atoms with Gasteiger partial charge in [-0.05, 0) is 32.1 Å². The molecule has 1 saturated carbocycles. The van der Waals surface area contributed by atoms with Gasteiger partial charge in [-0.15, -0.1) is 0 Å². The van der Waals surface area contributed by atoms with Crippen molar-refractivity contribution >= 4 is 34.7 Å². The van der Waals surface area contributed by atoms with Crippen molar-refractivity contribution in [3.63, 3.8) is 0 Å². The van der Waals surface area contributed by atoms with Crippen molar-refractivity contribution in [2.45, 2.75) is 50.4 Å². The Hall–Kier alpha value is -3.48. The maximum atomic E-state index is 14.4. The molecule has 192 valence electrons. The number of hydrogen-bond donors (Lipinski definition) is 3. The second kappa shape index (κ2) is 9.88. The van der Waals surface area contributed by atoms with E-state index in [1.54, 1.807) is 4.57 Å². The number of nitrogens with two attached hydrogens (primary N) is 1. The summed E-state index contributed by atoms with van der Waals surface area (Å²) in [6.45, 7) is 0.383. The Morgan fingerprint density at radius 1 is 1.08 bits per heavy atom. The number of halogens is 4. The maximum Gasteiger partial charge on any atom is 0.225 e. The number of alkyl halides is 1. The molecule has 3 aromatic rings. The third-order valence-corrected chi connectivity index (χ3v) is 6.74. The molecule has 3 heterocycles. The molecule has 1 aliphatic carbocycles. The normalized spacial score (nSPS) is 24.6. The number of primary amides is 1. The van der Waals surface area contributed by atoms with E-state index >= 15 is 0 Å². The fraction of sp³-hybridized carbons (Fsp3) is 0.478. The zero-order chi connectivity index (χ0) is 25.4. The number of benzene rings is 1. The van der Waals surface area contributed by atoms with Gasteiger partial charge in [0.2, 0.25) is 17.8 Å². The molecule has 4 N–H and O–H groups in total. The van der Waals surface area contributed by atoms with Crippen LogP contribution < -0.4 is 16.4 Å². The fourth-order valence-corrected chi connectivity index (χ4v) is 4.82. The molecule has 13 heteroatoms. The largest absolute Gasteiger partial charge is 0.378 e. The first-order valence-electron chi connectivity index (χ1n) is 11.7. The molecule has 2 atom stereocenters. The lowest BCUT2D eigenvalue weighted by atomic mass is 9.85. The topological polar surface area (TPSA) is 120 Å². The molecule has 5 rings (SSSR count). The van der Waals surface area contributed by atoms with Crippen LogP contribution in [0.3, 0.4) is 0 Å². The lowest BCUT2D eigenvalue weighted by Gasteiger charge is -2.29. The van der Waals surface area contributed by atoms with Crippen LogP contribution in [0.5, 0.6) is 0 Å². The molecule has 1 amide bonds. The van der Waals surface area contributed by atoms with Crippen molar-refractivity contribution in [1.82, 2.24) is 19.5 Å². The van der Waals surface area contributed by atoms with E-state index in [9.17, 15) is 22.4 Å². The van der Waals surface area contributed by atoms with Gasteiger partial charge >= 0.3 is 0 Å². The number of rotatable bonds is 6. The number of amides is 1. The molecular formula is C23H25F4N7O2. The highest BCUT2D eigenvalue weighted by Gasteiger charge is 2.30. The summed E-state index contributed by atoms with van der Waals surface area (Å²) >= 11 is 0. The Balaban J connectivity index is 1.53. The number of carbonyl (C=O) groups excluding carboxylic acids is 1. The van der Waals surface area contributed by atoms with E-state index in [0.717, 1.165) is 0 Å². The van der Waals surface area contributed by atoms with Gasteiger partial charge in [-0.25, -0.2) is 27.5 Å². The average Bonchev–Trinajstić information content (AvgIpc) is 3.20. The molecule has 0 unspecified atom stereocenters. The van der Waals surface area contributed by atoms with Gasteiger partial charge < -0.3 is 21.1 Å². The van der Waals surface area contributed by atoms with Crippen molar-refractivity contribution in [1.29, 1.82) is 0 Å². The molecule has 0 bridgehead atoms. The average molecular weight is 507 g/mol. The van der Waals surface area contributed by atoms with Gasteiger partial charge in [-0.1, -0.05) is 0 Å². The Labute approximate surface area is 203 Å². The molecular weight excluding hydrogens is 482 g/mol. The number of hydrogen-bond acceptors (Lipinski definition) is 7. The number of nitrogens with zero attached hydrogens (tertiary/aromatic N) is 4. The van der Waals surface area contributed by atoms with Crippen molar-refractivity contribution < 1.29 is 27.1 Å². The fourth-order valence-electron chi connectivity index (χ4n) is 4.82. The Morgan fingerprint density at radius 2 is 1.81 bits per heavy atom. The second-order valence-corrected chi connectivity index (χ2v) is 9.12. The third-order valence-electron chi connectivity index (χ3n) is 6.74. The zero-order valence-electron chi connectivity index (χ0n) is 19.2. The zero-order valence-corrected chi connectivity index (χ0v) is 19.2. The highest BCUT2D eigenvalue weighted by molar-refractivity contribution is 5.78. The van der Waals surface area contributed by atoms with E-state index < -0.39 is 35.4 Å². The number of fused-ring (bicyclic) bond motifs is 1. The van der Waals surface area contributed by atoms with Crippen LogP contribution >= 0.6 is 0 Å². The Kier molecular flexibility index (Phi) is 6.65. The van der Waals surface area contributed by atoms with Gasteiger partial charge in [0.15, 0.2) is 17.3 Å². The van der Waals surface area contributed by atoms with Crippen LogP contribution in [0, 0.1) is 23.4 Å². The lowest BCUT2D eigenvalue weighted by molar-refractivity contribution is -0.122. The van der Waals surface area contributed by atoms with Crippen molar-refractivity contribution in [3.8, 4) is 0 Å². The summed E-state index contributed by atoms with van der Waals surface area (Å²) in [6.07, 6.45) is 2.79. The summed E-state index contributed by atoms with van der Waals surface area (Å²) in [5.41, 5.74) is 5.61. The lowest BCUT2D eigenvalue weighted by Crippen LogP contribution is -2.39. The summed E-state index contributed by atoms with van der Waals surface area (Å²) in [5, 5.41) is 5.64. The van der Waals surface area contributed by atoms with Gasteiger partial charge in [0.25, 0.3) is 0 Å². The minimum absolute atomic E-state index is 0.0240. The van der Waals surface area contributed by atoms with Crippen LogP contribution in [-0.4, -0.2) is 50.9 Å². The summed E-state index contributed by atoms with van der Waals surface area (Å²) < 4.78 is 63.3. The third kappa shape index (κ3) is 4.79. The van der Waals surface area contributed by atoms with E-state index in [4.69, 9.17) is 10.5 Å². The van der Waals surface area contributed by atoms with Crippen molar-refractivity contribution in [3.05, 3.63) is 35.8 Å². The van der Waals surface area contributed by atoms with Crippen LogP contribution in [0.2, 0.25) is 0 Å². The van der Waals surface area contributed by atoms with Crippen molar-refractivity contribution in [2.75, 3.05) is 23.8 Å². The minimum Gasteiger partial charge on any atom is -0.378 e. The quantitative estimate of drug-likeness (QED) is 0.435. The van der Waals surface area contributed by atoms with Crippen LogP contribution in [0.25, 0.3) is 11.2 Å². The van der Waals surface area contributed by atoms with Gasteiger partial charge in [0.1, 0.15) is 23.2 Å². The molecule has 1 aromatic carbocycles. The minimum atomic E-state index is -1.23. The summed E-state index contributed by atoms with van der Waals surface area (Å²) in [4.78, 5) is 24.8. The summed E-state index contributed by atoms with van der Waals surface area (Å²) in [5.74, 6) is -3.66. The van der Waals surface area contributed by atoms with E-state index in [-0.39, 0.29) is 36.4 Å². The molecule has 9 nitrogen and oxygen atoms in total. The molecule has 2 fully saturated rings. The number of aromatic nitrogens is 4. The molecule has 2 aliphatic rings. The van der Waals surface area contributed by atoms with Crippen LogP contribution in [0.15, 0.2) is 18.3 Å². The predicted molar refractivity (Wildman–Crippen MR) is 123 cm³/mol. The summed E-state index contributed by atoms with van der Waals surface area (Å²) in [6, 6.07) is 0.386. The first-order valence-corrected chi connectivity index (χ1v) is 11.7. The van der Waals surface area contributed by atoms with Crippen LogP contribution in [0.4, 0.5) is 35.1 Å². The predicted octanol–water partition coefficient (Wildman–Crippen LogP) is 3.74. The SMILES string of the molecule is NC(=O)[C@H]1CC[C@H](n2c(Nc3c(F)cc(F)cc3F)nc3cnc(N[C@H]4CCOC[C@H]4F)nc32)CC1.